The molecule has 0 fully saturated rings. The van der Waals surface area contributed by atoms with Gasteiger partial charge in [0, 0.05) is 40.8 Å². The van der Waals surface area contributed by atoms with Crippen LogP contribution in [-0.4, -0.2) is 40.7 Å². The van der Waals surface area contributed by atoms with Crippen LogP contribution < -0.4 is 32.3 Å². The van der Waals surface area contributed by atoms with Crippen LogP contribution in [0.5, 0.6) is 0 Å². The van der Waals surface area contributed by atoms with Crippen LogP contribution in [0.1, 0.15) is 83.1 Å². The maximum atomic E-state index is 2.50. The van der Waals surface area contributed by atoms with Gasteiger partial charge in [-0.3, -0.25) is 0 Å². The van der Waals surface area contributed by atoms with E-state index in [9.17, 15) is 0 Å². The van der Waals surface area contributed by atoms with Crippen molar-refractivity contribution in [3.05, 3.63) is 72.8 Å². The summed E-state index contributed by atoms with van der Waals surface area (Å²) in [7, 11) is -2.27. The molecule has 0 spiro atoms. The minimum absolute atomic E-state index is 0. The largest absolute Gasteiger partial charge is 0.256 e. The average Bonchev–Trinajstić information content (AvgIpc) is 2.86. The first-order chi connectivity index (χ1) is 18.9. The Morgan fingerprint density at radius 2 is 0.561 bits per heavy atom. The molecule has 3 rings (SSSR count). The predicted molar refractivity (Wildman–Crippen MR) is 199 cm³/mol. The van der Waals surface area contributed by atoms with E-state index in [2.05, 4.69) is 156 Å². The third-order valence-corrected chi connectivity index (χ3v) is 19.2. The summed E-state index contributed by atoms with van der Waals surface area (Å²) in [6.07, 6.45) is 0. The quantitative estimate of drug-likeness (QED) is 0.143. The molecule has 0 aliphatic rings. The zero-order chi connectivity index (χ0) is 29.7. The van der Waals surface area contributed by atoms with Gasteiger partial charge in [0.1, 0.15) is 0 Å². The number of hydrogen-bond donors (Lipinski definition) is 0. The van der Waals surface area contributed by atoms with E-state index in [4.69, 9.17) is 0 Å². The van der Waals surface area contributed by atoms with Gasteiger partial charge in [0.2, 0.25) is 0 Å². The van der Waals surface area contributed by atoms with Crippen molar-refractivity contribution in [1.29, 1.82) is 0 Å². The smallest absolute Gasteiger partial charge is 0.0631 e. The van der Waals surface area contributed by atoms with E-state index < -0.39 is 23.8 Å². The van der Waals surface area contributed by atoms with Crippen LogP contribution in [-0.2, 0) is 17.1 Å². The summed E-state index contributed by atoms with van der Waals surface area (Å²) >= 11 is 0. The van der Waals surface area contributed by atoms with Gasteiger partial charge in [-0.2, -0.15) is 0 Å². The summed E-state index contributed by atoms with van der Waals surface area (Å²) in [5, 5.41) is 4.95. The third-order valence-electron chi connectivity index (χ3n) is 8.48. The molecule has 0 unspecified atom stereocenters. The number of hydrogen-bond acceptors (Lipinski definition) is 0. The minimum Gasteiger partial charge on any atom is -0.0631 e. The molecule has 3 aromatic carbocycles. The van der Waals surface area contributed by atoms with Crippen molar-refractivity contribution in [2.45, 2.75) is 117 Å². The minimum atomic E-state index is -0.758. The molecule has 0 atom stereocenters. The first-order valence-electron chi connectivity index (χ1n) is 15.8. The van der Waals surface area contributed by atoms with E-state index in [0.29, 0.717) is 34.0 Å². The van der Waals surface area contributed by atoms with Gasteiger partial charge in [0.05, 0.1) is 49.9 Å². The van der Waals surface area contributed by atoms with E-state index in [1.807, 2.05) is 0 Å². The molecule has 0 nitrogen and oxygen atoms in total. The molecule has 0 saturated carbocycles. The first kappa shape index (κ1) is 36.7. The van der Waals surface area contributed by atoms with Crippen LogP contribution in [0.25, 0.3) is 0 Å². The van der Waals surface area contributed by atoms with Gasteiger partial charge >= 0.3 is 0 Å². The van der Waals surface area contributed by atoms with Crippen molar-refractivity contribution in [1.82, 2.24) is 0 Å². The Bertz CT molecular complexity index is 1050. The van der Waals surface area contributed by atoms with Crippen molar-refractivity contribution in [2.75, 3.05) is 0 Å². The van der Waals surface area contributed by atoms with E-state index in [0.717, 1.165) is 0 Å². The predicted octanol–water partition coefficient (Wildman–Crippen LogP) is 7.17. The molecule has 0 saturated heterocycles. The average molecular weight is 657 g/mol. The van der Waals surface area contributed by atoms with Crippen LogP contribution in [0.4, 0.5) is 0 Å². The van der Waals surface area contributed by atoms with Gasteiger partial charge in [-0.25, -0.2) is 0 Å². The van der Waals surface area contributed by atoms with Crippen molar-refractivity contribution in [3.63, 3.8) is 0 Å². The second-order valence-electron chi connectivity index (χ2n) is 13.5. The fourth-order valence-electron chi connectivity index (χ4n) is 7.40. The van der Waals surface area contributed by atoms with Crippen molar-refractivity contribution in [2.24, 2.45) is 0 Å². The summed E-state index contributed by atoms with van der Waals surface area (Å²) in [6.45, 7) is 29.8. The van der Waals surface area contributed by atoms with Gasteiger partial charge in [0.25, 0.3) is 6.71 Å². The van der Waals surface area contributed by atoms with E-state index >= 15 is 0 Å². The fraction of sp³-hybridized carbons (Fsp3) is 0.500. The fourth-order valence-corrected chi connectivity index (χ4v) is 17.7. The zero-order valence-corrected chi connectivity index (χ0v) is 31.7. The summed E-state index contributed by atoms with van der Waals surface area (Å²) < 4.78 is 0. The normalized spacial score (nSPS) is 12.2. The molecule has 0 N–H and O–H groups in total. The van der Waals surface area contributed by atoms with Crippen molar-refractivity contribution in [3.8, 4) is 0 Å². The number of rotatable bonds is 12. The van der Waals surface area contributed by atoms with Crippen LogP contribution in [0, 0.1) is 0 Å². The Kier molecular flexibility index (Phi) is 14.8. The molecule has 3 aromatic rings. The topological polar surface area (TPSA) is 0 Å². The SMILES string of the molecule is CC(C)[PH+](c1ccccc1B(c1ccccc1[PH+](C(C)C)C(C)C)c1ccccc1[PH+](C(C)C)C(C)C)C(C)C.[Cu]. The molecule has 0 heterocycles. The molecule has 0 aromatic heterocycles. The summed E-state index contributed by atoms with van der Waals surface area (Å²) in [5.41, 5.74) is 8.85. The second kappa shape index (κ2) is 16.6. The van der Waals surface area contributed by atoms with Crippen LogP contribution >= 0.6 is 23.8 Å². The zero-order valence-electron chi connectivity index (χ0n) is 27.8. The first-order valence-corrected chi connectivity index (χ1v) is 20.7. The van der Waals surface area contributed by atoms with Gasteiger partial charge in [-0.15, -0.1) is 0 Å². The monoisotopic (exact) mass is 656 g/mol. The van der Waals surface area contributed by atoms with E-state index in [1.165, 1.54) is 0 Å². The standard InChI is InChI=1S/C36H54BP3.Cu/c1-25(2)38(26(3)4)34-22-16-13-19-31(34)37(32-20-14-17-23-35(32)39(27(5)6)28(7)8)33-21-15-18-24-36(33)40(29(9)10)30(11)12;/h13-30H,1-12H3;/p+3. The van der Waals surface area contributed by atoms with Crippen LogP contribution in [0.3, 0.4) is 0 Å². The Morgan fingerprint density at radius 1 is 0.366 bits per heavy atom. The maximum absolute atomic E-state index is 2.50. The molecule has 41 heavy (non-hydrogen) atoms. The van der Waals surface area contributed by atoms with E-state index in [-0.39, 0.29) is 23.8 Å². The molecule has 0 amide bonds. The molecule has 0 aliphatic heterocycles. The third kappa shape index (κ3) is 8.59. The molecule has 1 radical (unpaired) electrons. The summed E-state index contributed by atoms with van der Waals surface area (Å²) in [4.78, 5) is 0. The molecule has 227 valence electrons. The van der Waals surface area contributed by atoms with Gasteiger partial charge in [0.15, 0.2) is 0 Å². The molecule has 5 heteroatoms. The molecule has 0 aliphatic carbocycles. The van der Waals surface area contributed by atoms with Crippen LogP contribution in [0.2, 0.25) is 0 Å². The van der Waals surface area contributed by atoms with Crippen molar-refractivity contribution >= 4 is 62.8 Å². The molecular weight excluding hydrogens is 600 g/mol. The van der Waals surface area contributed by atoms with Crippen molar-refractivity contribution < 1.29 is 17.1 Å². The molecular formula is C36H57BCuP3+3. The van der Waals surface area contributed by atoms with Crippen LogP contribution in [0.15, 0.2) is 72.8 Å². The maximum Gasteiger partial charge on any atom is 0.256 e. The van der Waals surface area contributed by atoms with Gasteiger partial charge in [-0.05, 0) is 118 Å². The Balaban J connectivity index is 0.00000588. The van der Waals surface area contributed by atoms with E-state index in [1.54, 1.807) is 32.3 Å². The Morgan fingerprint density at radius 3 is 0.756 bits per heavy atom. The summed E-state index contributed by atoms with van der Waals surface area (Å²) in [5.74, 6) is 0. The number of benzene rings is 3. The second-order valence-corrected chi connectivity index (χ2v) is 24.8. The summed E-state index contributed by atoms with van der Waals surface area (Å²) in [6, 6.07) is 28.8. The van der Waals surface area contributed by atoms with Gasteiger partial charge < -0.3 is 0 Å². The molecule has 0 bridgehead atoms. The Labute approximate surface area is 268 Å². The Hall–Kier alpha value is -0.466. The van der Waals surface area contributed by atoms with Gasteiger partial charge in [-0.1, -0.05) is 54.6 Å².